The molecule has 0 spiro atoms. The van der Waals surface area contributed by atoms with E-state index in [0.29, 0.717) is 17.2 Å². The van der Waals surface area contributed by atoms with E-state index < -0.39 is 5.91 Å². The molecule has 1 N–H and O–H groups in total. The number of thiocarbonyl (C=S) groups is 1. The summed E-state index contributed by atoms with van der Waals surface area (Å²) in [4.78, 5) is 15.4. The molecule has 0 aliphatic heterocycles. The van der Waals surface area contributed by atoms with Gasteiger partial charge in [-0.25, -0.2) is 0 Å². The third kappa shape index (κ3) is 2.97. The third-order valence-corrected chi connectivity index (χ3v) is 2.31. The number of hydrogen-bond acceptors (Lipinski definition) is 6. The number of benzene rings is 1. The lowest BCUT2D eigenvalue weighted by molar-refractivity contribution is 0.0982. The number of carbonyl (C=O) groups excluding carboxylic acids is 1. The highest BCUT2D eigenvalue weighted by Crippen LogP contribution is 2.34. The summed E-state index contributed by atoms with van der Waals surface area (Å²) in [5.41, 5.74) is 0.683. The predicted octanol–water partition coefficient (Wildman–Crippen LogP) is 2.01. The van der Waals surface area contributed by atoms with Gasteiger partial charge in [0.2, 0.25) is 0 Å². The minimum atomic E-state index is -0.409. The fourth-order valence-electron chi connectivity index (χ4n) is 1.26. The van der Waals surface area contributed by atoms with Crippen LogP contribution in [0.4, 0.5) is 5.69 Å². The van der Waals surface area contributed by atoms with Crippen LogP contribution in [-0.4, -0.2) is 25.3 Å². The molecule has 1 aromatic rings. The molecule has 0 bridgehead atoms. The van der Waals surface area contributed by atoms with Crippen molar-refractivity contribution < 1.29 is 14.3 Å². The van der Waals surface area contributed by atoms with Gasteiger partial charge in [0, 0.05) is 6.07 Å². The van der Waals surface area contributed by atoms with E-state index in [1.54, 1.807) is 6.07 Å². The van der Waals surface area contributed by atoms with Gasteiger partial charge in [-0.3, -0.25) is 9.52 Å². The van der Waals surface area contributed by atoms with Crippen molar-refractivity contribution in [1.82, 2.24) is 4.72 Å². The van der Waals surface area contributed by atoms with Gasteiger partial charge < -0.3 is 9.47 Å². The van der Waals surface area contributed by atoms with Gasteiger partial charge in [-0.05, 0) is 18.3 Å². The standard InChI is InChI=1S/C10H10N2O3S2/c1-14-8-4-9(15-2)7(11-5-16)3-6(8)10(13)12-17/h3-4,17H,1-2H3,(H,12,13). The molecule has 0 saturated heterocycles. The van der Waals surface area contributed by atoms with E-state index in [1.807, 2.05) is 0 Å². The number of nitrogens with zero attached hydrogens (tertiary/aromatic N) is 1. The first-order valence-electron chi connectivity index (χ1n) is 4.46. The Labute approximate surface area is 109 Å². The largest absolute Gasteiger partial charge is 0.496 e. The minimum Gasteiger partial charge on any atom is -0.496 e. The molecule has 5 nitrogen and oxygen atoms in total. The lowest BCUT2D eigenvalue weighted by Gasteiger charge is -2.10. The topological polar surface area (TPSA) is 59.9 Å². The Bertz CT molecular complexity index is 485. The number of carbonyl (C=O) groups is 1. The normalized spacial score (nSPS) is 9.12. The van der Waals surface area contributed by atoms with Gasteiger partial charge in [0.25, 0.3) is 5.91 Å². The summed E-state index contributed by atoms with van der Waals surface area (Å²) in [5, 5.41) is 2.22. The predicted molar refractivity (Wildman–Crippen MR) is 70.7 cm³/mol. The van der Waals surface area contributed by atoms with Gasteiger partial charge in [-0.1, -0.05) is 12.8 Å². The van der Waals surface area contributed by atoms with E-state index >= 15 is 0 Å². The van der Waals surface area contributed by atoms with E-state index in [-0.39, 0.29) is 5.56 Å². The smallest absolute Gasteiger partial charge is 0.264 e. The zero-order chi connectivity index (χ0) is 12.8. The van der Waals surface area contributed by atoms with E-state index in [9.17, 15) is 4.79 Å². The molecule has 7 heteroatoms. The lowest BCUT2D eigenvalue weighted by Crippen LogP contribution is -2.13. The Morgan fingerprint density at radius 2 is 2.06 bits per heavy atom. The Morgan fingerprint density at radius 1 is 1.41 bits per heavy atom. The summed E-state index contributed by atoms with van der Waals surface area (Å²) in [6.45, 7) is 0. The fraction of sp³-hybridized carbons (Fsp3) is 0.200. The van der Waals surface area contributed by atoms with Crippen molar-refractivity contribution in [1.29, 1.82) is 0 Å². The van der Waals surface area contributed by atoms with E-state index in [2.05, 4.69) is 39.9 Å². The highest BCUT2D eigenvalue weighted by atomic mass is 32.1. The molecule has 0 aliphatic rings. The Hall–Kier alpha value is -1.56. The van der Waals surface area contributed by atoms with Gasteiger partial charge >= 0.3 is 0 Å². The van der Waals surface area contributed by atoms with Crippen LogP contribution in [0.25, 0.3) is 0 Å². The van der Waals surface area contributed by atoms with Crippen LogP contribution in [0, 0.1) is 0 Å². The van der Waals surface area contributed by atoms with Crippen molar-refractivity contribution in [3.8, 4) is 11.5 Å². The molecule has 90 valence electrons. The van der Waals surface area contributed by atoms with Gasteiger partial charge in [0.15, 0.2) is 0 Å². The number of aliphatic imine (C=N–C) groups is 1. The first-order valence-corrected chi connectivity index (χ1v) is 5.31. The van der Waals surface area contributed by atoms with Crippen LogP contribution < -0.4 is 14.2 Å². The number of ether oxygens (including phenoxy) is 2. The number of hydrogen-bond donors (Lipinski definition) is 2. The van der Waals surface area contributed by atoms with Crippen LogP contribution in [0.5, 0.6) is 11.5 Å². The molecule has 17 heavy (non-hydrogen) atoms. The molecule has 1 aromatic carbocycles. The van der Waals surface area contributed by atoms with Crippen LogP contribution in [0.15, 0.2) is 17.1 Å². The average molecular weight is 270 g/mol. The maximum Gasteiger partial charge on any atom is 0.264 e. The first kappa shape index (κ1) is 13.5. The Balaban J connectivity index is 3.43. The number of isothiocyanates is 1. The zero-order valence-electron chi connectivity index (χ0n) is 9.18. The molecule has 0 atom stereocenters. The van der Waals surface area contributed by atoms with Gasteiger partial charge in [0.1, 0.15) is 17.2 Å². The monoisotopic (exact) mass is 270 g/mol. The Kier molecular flexibility index (Phi) is 4.96. The number of thiol groups is 1. The van der Waals surface area contributed by atoms with Crippen molar-refractivity contribution in [2.45, 2.75) is 0 Å². The summed E-state index contributed by atoms with van der Waals surface area (Å²) >= 11 is 8.22. The second-order valence-corrected chi connectivity index (χ2v) is 3.27. The molecule has 0 radical (unpaired) electrons. The second kappa shape index (κ2) is 6.24. The number of nitrogens with one attached hydrogen (secondary N) is 1. The van der Waals surface area contributed by atoms with Crippen molar-refractivity contribution in [2.24, 2.45) is 4.99 Å². The molecule has 0 aliphatic carbocycles. The number of methoxy groups -OCH3 is 2. The van der Waals surface area contributed by atoms with E-state index in [0.717, 1.165) is 0 Å². The van der Waals surface area contributed by atoms with Crippen molar-refractivity contribution in [2.75, 3.05) is 14.2 Å². The zero-order valence-corrected chi connectivity index (χ0v) is 10.9. The summed E-state index contributed by atoms with van der Waals surface area (Å²) in [6, 6.07) is 3.03. The molecular formula is C10H10N2O3S2. The summed E-state index contributed by atoms with van der Waals surface area (Å²) in [5.74, 6) is 0.389. The summed E-state index contributed by atoms with van der Waals surface area (Å²) in [7, 11) is 2.93. The SMILES string of the molecule is COc1cc(OC)c(C(=O)NS)cc1N=C=S. The molecule has 0 unspecified atom stereocenters. The summed E-state index contributed by atoms with van der Waals surface area (Å²) < 4.78 is 12.4. The molecular weight excluding hydrogens is 260 g/mol. The molecule has 1 rings (SSSR count). The lowest BCUT2D eigenvalue weighted by atomic mass is 10.1. The maximum absolute atomic E-state index is 11.6. The quantitative estimate of drug-likeness (QED) is 0.499. The van der Waals surface area contributed by atoms with Crippen LogP contribution in [0.2, 0.25) is 0 Å². The van der Waals surface area contributed by atoms with Crippen molar-refractivity contribution in [3.63, 3.8) is 0 Å². The molecule has 0 saturated carbocycles. The fourth-order valence-corrected chi connectivity index (χ4v) is 1.48. The van der Waals surface area contributed by atoms with Crippen LogP contribution in [-0.2, 0) is 0 Å². The van der Waals surface area contributed by atoms with E-state index in [4.69, 9.17) is 9.47 Å². The first-order chi connectivity index (χ1) is 8.17. The Morgan fingerprint density at radius 3 is 2.53 bits per heavy atom. The van der Waals surface area contributed by atoms with Crippen LogP contribution >= 0.6 is 25.0 Å². The van der Waals surface area contributed by atoms with E-state index in [1.165, 1.54) is 20.3 Å². The highest BCUT2D eigenvalue weighted by molar-refractivity contribution is 7.78. The van der Waals surface area contributed by atoms with Gasteiger partial charge in [-0.2, -0.15) is 4.99 Å². The average Bonchev–Trinajstić information content (AvgIpc) is 2.37. The molecule has 0 fully saturated rings. The second-order valence-electron chi connectivity index (χ2n) is 2.87. The number of amides is 1. The molecule has 0 aromatic heterocycles. The third-order valence-electron chi connectivity index (χ3n) is 2.01. The van der Waals surface area contributed by atoms with Gasteiger partial charge in [-0.15, -0.1) is 0 Å². The van der Waals surface area contributed by atoms with Gasteiger partial charge in [0.05, 0.1) is 24.9 Å². The maximum atomic E-state index is 11.6. The number of rotatable bonds is 4. The van der Waals surface area contributed by atoms with Crippen LogP contribution in [0.3, 0.4) is 0 Å². The summed E-state index contributed by atoms with van der Waals surface area (Å²) in [6.07, 6.45) is 0. The van der Waals surface area contributed by atoms with Crippen LogP contribution in [0.1, 0.15) is 10.4 Å². The molecule has 0 heterocycles. The molecule has 1 amide bonds. The minimum absolute atomic E-state index is 0.285. The highest BCUT2D eigenvalue weighted by Gasteiger charge is 2.15. The van der Waals surface area contributed by atoms with Crippen molar-refractivity contribution in [3.05, 3.63) is 17.7 Å². The van der Waals surface area contributed by atoms with Crippen molar-refractivity contribution >= 4 is 41.8 Å².